The molecule has 0 saturated heterocycles. The van der Waals surface area contributed by atoms with E-state index in [0.717, 1.165) is 5.56 Å². The first-order valence-electron chi connectivity index (χ1n) is 7.91. The number of hydrogen-bond donors (Lipinski definition) is 2. The number of anilines is 1. The van der Waals surface area contributed by atoms with Crippen LogP contribution in [0.1, 0.15) is 18.4 Å². The molecule has 1 unspecified atom stereocenters. The Morgan fingerprint density at radius 3 is 2.32 bits per heavy atom. The molecule has 1 aliphatic heterocycles. The molecule has 2 atom stereocenters. The van der Waals surface area contributed by atoms with Gasteiger partial charge in [0.15, 0.2) is 0 Å². The van der Waals surface area contributed by atoms with Crippen molar-refractivity contribution in [3.8, 4) is 6.07 Å². The van der Waals surface area contributed by atoms with Gasteiger partial charge in [0, 0.05) is 17.3 Å². The highest BCUT2D eigenvalue weighted by molar-refractivity contribution is 7.84. The molecular weight excluding hydrogens is 330 g/mol. The minimum absolute atomic E-state index is 0.185. The Balaban J connectivity index is 2.02. The van der Waals surface area contributed by atoms with Crippen LogP contribution in [0.15, 0.2) is 76.3 Å². The Bertz CT molecular complexity index is 882. The van der Waals surface area contributed by atoms with Crippen LogP contribution in [0.4, 0.5) is 5.69 Å². The van der Waals surface area contributed by atoms with Gasteiger partial charge in [0.2, 0.25) is 5.91 Å². The predicted molar refractivity (Wildman–Crippen MR) is 102 cm³/mol. The minimum atomic E-state index is -0.562. The van der Waals surface area contributed by atoms with Crippen LogP contribution in [0.5, 0.6) is 0 Å². The molecule has 0 radical (unpaired) electrons. The molecule has 2 aromatic carbocycles. The Morgan fingerprint density at radius 1 is 1.12 bits per heavy atom. The van der Waals surface area contributed by atoms with Gasteiger partial charge in [-0.3, -0.25) is 4.79 Å². The fraction of sp³-hybridized carbons (Fsp3) is 0.150. The highest BCUT2D eigenvalue weighted by Gasteiger charge is 2.38. The van der Waals surface area contributed by atoms with Crippen molar-refractivity contribution in [1.29, 1.82) is 5.26 Å². The molecule has 3 rings (SSSR count). The van der Waals surface area contributed by atoms with E-state index in [1.807, 2.05) is 60.7 Å². The van der Waals surface area contributed by atoms with E-state index in [2.05, 4.69) is 29.0 Å². The number of aliphatic imine (C=N–C) groups is 1. The summed E-state index contributed by atoms with van der Waals surface area (Å²) in [6, 6.07) is 21.0. The molecule has 1 aliphatic rings. The quantitative estimate of drug-likeness (QED) is 0.819. The average Bonchev–Trinajstić information content (AvgIpc) is 2.62. The maximum atomic E-state index is 13.0. The SMILES string of the molecule is CC1=NC(S)=C(C#N)[C@H](c2ccccc2)C1C(=O)Nc1ccccc1. The summed E-state index contributed by atoms with van der Waals surface area (Å²) in [5.41, 5.74) is 2.67. The summed E-state index contributed by atoms with van der Waals surface area (Å²) in [6.45, 7) is 1.80. The molecule has 4 nitrogen and oxygen atoms in total. The number of nitriles is 1. The molecule has 1 amide bonds. The highest BCUT2D eigenvalue weighted by atomic mass is 32.1. The van der Waals surface area contributed by atoms with Crippen molar-refractivity contribution in [2.75, 3.05) is 5.32 Å². The van der Waals surface area contributed by atoms with Crippen LogP contribution >= 0.6 is 12.6 Å². The first kappa shape index (κ1) is 17.0. The molecule has 0 fully saturated rings. The third-order valence-corrected chi connectivity index (χ3v) is 4.56. The third kappa shape index (κ3) is 3.49. The number of carbonyl (C=O) groups excluding carboxylic acids is 1. The Morgan fingerprint density at radius 2 is 1.72 bits per heavy atom. The van der Waals surface area contributed by atoms with Crippen LogP contribution in [-0.4, -0.2) is 11.6 Å². The van der Waals surface area contributed by atoms with Gasteiger partial charge < -0.3 is 5.32 Å². The Kier molecular flexibility index (Phi) is 5.01. The van der Waals surface area contributed by atoms with Crippen LogP contribution in [0, 0.1) is 17.2 Å². The van der Waals surface area contributed by atoms with E-state index in [4.69, 9.17) is 0 Å². The van der Waals surface area contributed by atoms with Crippen molar-refractivity contribution in [3.05, 3.63) is 76.8 Å². The van der Waals surface area contributed by atoms with Crippen molar-refractivity contribution in [3.63, 3.8) is 0 Å². The molecule has 2 aromatic rings. The monoisotopic (exact) mass is 347 g/mol. The first-order chi connectivity index (χ1) is 12.1. The summed E-state index contributed by atoms with van der Waals surface area (Å²) in [4.78, 5) is 17.3. The van der Waals surface area contributed by atoms with Crippen molar-refractivity contribution in [1.82, 2.24) is 0 Å². The lowest BCUT2D eigenvalue weighted by molar-refractivity contribution is -0.118. The first-order valence-corrected chi connectivity index (χ1v) is 8.36. The maximum Gasteiger partial charge on any atom is 0.234 e. The van der Waals surface area contributed by atoms with Gasteiger partial charge in [0.25, 0.3) is 0 Å². The van der Waals surface area contributed by atoms with E-state index in [1.54, 1.807) is 6.92 Å². The van der Waals surface area contributed by atoms with Gasteiger partial charge in [-0.05, 0) is 24.6 Å². The number of amides is 1. The maximum absolute atomic E-state index is 13.0. The molecule has 0 spiro atoms. The predicted octanol–water partition coefficient (Wildman–Crippen LogP) is 4.16. The van der Waals surface area contributed by atoms with E-state index < -0.39 is 11.8 Å². The topological polar surface area (TPSA) is 65.2 Å². The molecule has 1 N–H and O–H groups in total. The molecule has 124 valence electrons. The number of para-hydroxylation sites is 1. The van der Waals surface area contributed by atoms with Crippen molar-refractivity contribution in [2.45, 2.75) is 12.8 Å². The smallest absolute Gasteiger partial charge is 0.234 e. The average molecular weight is 347 g/mol. The van der Waals surface area contributed by atoms with Gasteiger partial charge in [-0.1, -0.05) is 48.5 Å². The van der Waals surface area contributed by atoms with Gasteiger partial charge in [0.05, 0.1) is 17.6 Å². The zero-order valence-electron chi connectivity index (χ0n) is 13.7. The number of nitrogens with zero attached hydrogens (tertiary/aromatic N) is 2. The fourth-order valence-corrected chi connectivity index (χ4v) is 3.41. The van der Waals surface area contributed by atoms with Gasteiger partial charge >= 0.3 is 0 Å². The molecule has 25 heavy (non-hydrogen) atoms. The normalized spacial score (nSPS) is 19.8. The van der Waals surface area contributed by atoms with E-state index in [-0.39, 0.29) is 5.91 Å². The Labute approximate surface area is 152 Å². The lowest BCUT2D eigenvalue weighted by Gasteiger charge is -2.30. The number of hydrogen-bond acceptors (Lipinski definition) is 4. The van der Waals surface area contributed by atoms with Crippen LogP contribution in [0.25, 0.3) is 0 Å². The second-order valence-corrected chi connectivity index (χ2v) is 6.25. The molecule has 5 heteroatoms. The molecule has 0 saturated carbocycles. The summed E-state index contributed by atoms with van der Waals surface area (Å²) >= 11 is 4.35. The number of thiol groups is 1. The number of rotatable bonds is 3. The largest absolute Gasteiger partial charge is 0.325 e. The Hall–Kier alpha value is -2.84. The molecule has 1 heterocycles. The molecule has 0 aromatic heterocycles. The van der Waals surface area contributed by atoms with Crippen LogP contribution in [0.3, 0.4) is 0 Å². The van der Waals surface area contributed by atoms with E-state index in [1.165, 1.54) is 0 Å². The standard InChI is InChI=1S/C20H17N3OS/c1-13-17(19(24)23-15-10-6-3-7-11-15)18(14-8-4-2-5-9-14)16(12-21)20(25)22-13/h2-11,17-18,25H,1H3,(H,23,24)/t17?,18-/m0/s1. The highest BCUT2D eigenvalue weighted by Crippen LogP contribution is 2.39. The summed E-state index contributed by atoms with van der Waals surface area (Å²) in [6.07, 6.45) is 0. The fourth-order valence-electron chi connectivity index (χ4n) is 3.07. The van der Waals surface area contributed by atoms with Crippen LogP contribution < -0.4 is 5.32 Å². The minimum Gasteiger partial charge on any atom is -0.325 e. The summed E-state index contributed by atoms with van der Waals surface area (Å²) < 4.78 is 0. The van der Waals surface area contributed by atoms with E-state index >= 15 is 0 Å². The number of allylic oxidation sites excluding steroid dienone is 1. The summed E-state index contributed by atoms with van der Waals surface area (Å²) in [5.74, 6) is -1.15. The molecule has 0 bridgehead atoms. The van der Waals surface area contributed by atoms with E-state index in [9.17, 15) is 10.1 Å². The van der Waals surface area contributed by atoms with Crippen molar-refractivity contribution < 1.29 is 4.79 Å². The van der Waals surface area contributed by atoms with Crippen LogP contribution in [-0.2, 0) is 4.79 Å². The van der Waals surface area contributed by atoms with Crippen LogP contribution in [0.2, 0.25) is 0 Å². The lowest BCUT2D eigenvalue weighted by atomic mass is 9.77. The van der Waals surface area contributed by atoms with Gasteiger partial charge in [0.1, 0.15) is 5.03 Å². The number of carbonyl (C=O) groups is 1. The second-order valence-electron chi connectivity index (χ2n) is 5.82. The van der Waals surface area contributed by atoms with Gasteiger partial charge in [-0.2, -0.15) is 5.26 Å². The van der Waals surface area contributed by atoms with E-state index in [0.29, 0.717) is 22.0 Å². The number of benzene rings is 2. The summed E-state index contributed by atoms with van der Waals surface area (Å²) in [5, 5.41) is 12.9. The number of nitrogens with one attached hydrogen (secondary N) is 1. The zero-order chi connectivity index (χ0) is 17.8. The van der Waals surface area contributed by atoms with Gasteiger partial charge in [-0.25, -0.2) is 4.99 Å². The summed E-state index contributed by atoms with van der Waals surface area (Å²) in [7, 11) is 0. The van der Waals surface area contributed by atoms with Crippen molar-refractivity contribution in [2.24, 2.45) is 10.9 Å². The zero-order valence-corrected chi connectivity index (χ0v) is 14.6. The lowest BCUT2D eigenvalue weighted by Crippen LogP contribution is -2.36. The van der Waals surface area contributed by atoms with Gasteiger partial charge in [-0.15, -0.1) is 12.6 Å². The molecule has 0 aliphatic carbocycles. The van der Waals surface area contributed by atoms with Crippen molar-refractivity contribution >= 4 is 29.9 Å². The molecular formula is C20H17N3OS. The third-order valence-electron chi connectivity index (χ3n) is 4.22. The second kappa shape index (κ2) is 7.37.